The van der Waals surface area contributed by atoms with Gasteiger partial charge in [-0.1, -0.05) is 31.6 Å². The molecule has 0 aromatic heterocycles. The third-order valence-electron chi connectivity index (χ3n) is 4.52. The van der Waals surface area contributed by atoms with E-state index in [4.69, 9.17) is 9.47 Å². The van der Waals surface area contributed by atoms with Gasteiger partial charge in [-0.25, -0.2) is 0 Å². The molecule has 0 heterocycles. The molecule has 0 aliphatic carbocycles. The van der Waals surface area contributed by atoms with E-state index in [2.05, 4.69) is 19.7 Å². The van der Waals surface area contributed by atoms with Crippen molar-refractivity contribution in [2.24, 2.45) is 5.41 Å². The molecule has 27 heavy (non-hydrogen) atoms. The Kier molecular flexibility index (Phi) is 15.2. The molecule has 4 nitrogen and oxygen atoms in total. The Hall–Kier alpha value is -1.84. The molecule has 0 aromatic carbocycles. The summed E-state index contributed by atoms with van der Waals surface area (Å²) in [4.78, 5) is 25.5. The lowest BCUT2D eigenvalue weighted by molar-refractivity contribution is -0.173. The zero-order chi connectivity index (χ0) is 20.4. The Balaban J connectivity index is 4.68. The van der Waals surface area contributed by atoms with Crippen molar-refractivity contribution in [2.75, 3.05) is 13.2 Å². The van der Waals surface area contributed by atoms with Crippen LogP contribution in [0, 0.1) is 5.41 Å². The molecule has 0 spiro atoms. The maximum atomic E-state index is 12.8. The maximum absolute atomic E-state index is 12.8. The molecule has 0 bridgehead atoms. The number of hydrogen-bond acceptors (Lipinski definition) is 4. The molecule has 4 heteroatoms. The van der Waals surface area contributed by atoms with Crippen LogP contribution < -0.4 is 0 Å². The minimum atomic E-state index is -1.27. The SMILES string of the molecule is C=CCCCCCOC(=O)C(CC=C)(CCC)C(=O)OCCCCCC=C. The molecule has 0 atom stereocenters. The van der Waals surface area contributed by atoms with Crippen molar-refractivity contribution in [3.63, 3.8) is 0 Å². The highest BCUT2D eigenvalue weighted by Crippen LogP contribution is 2.33. The van der Waals surface area contributed by atoms with Gasteiger partial charge in [0.05, 0.1) is 13.2 Å². The van der Waals surface area contributed by atoms with E-state index in [9.17, 15) is 9.59 Å². The van der Waals surface area contributed by atoms with Crippen molar-refractivity contribution < 1.29 is 19.1 Å². The van der Waals surface area contributed by atoms with E-state index in [1.54, 1.807) is 6.08 Å². The fourth-order valence-electron chi connectivity index (χ4n) is 2.97. The van der Waals surface area contributed by atoms with E-state index >= 15 is 0 Å². The average molecular weight is 379 g/mol. The van der Waals surface area contributed by atoms with Crippen LogP contribution in [0.5, 0.6) is 0 Å². The molecule has 154 valence electrons. The quantitative estimate of drug-likeness (QED) is 0.128. The standard InChI is InChI=1S/C23H38O4/c1-5-9-11-13-15-19-26-21(24)23(17-7-3,18-8-4)22(25)27-20-16-14-12-10-6-2/h5-7H,1-3,8-20H2,4H3. The van der Waals surface area contributed by atoms with Gasteiger partial charge in [0.25, 0.3) is 0 Å². The number of allylic oxidation sites excluding steroid dienone is 3. The molecule has 0 radical (unpaired) electrons. The lowest BCUT2D eigenvalue weighted by Crippen LogP contribution is -2.42. The highest BCUT2D eigenvalue weighted by atomic mass is 16.6. The average Bonchev–Trinajstić information content (AvgIpc) is 2.66. The minimum Gasteiger partial charge on any atom is -0.465 e. The first kappa shape index (κ1) is 25.2. The molecule has 0 amide bonds. The summed E-state index contributed by atoms with van der Waals surface area (Å²) in [5.74, 6) is -0.964. The number of carbonyl (C=O) groups is 2. The molecule has 0 aromatic rings. The minimum absolute atomic E-state index is 0.242. The lowest BCUT2D eigenvalue weighted by atomic mass is 9.80. The van der Waals surface area contributed by atoms with Crippen LogP contribution in [0.15, 0.2) is 38.0 Å². The van der Waals surface area contributed by atoms with Gasteiger partial charge in [0.2, 0.25) is 0 Å². The first-order valence-electron chi connectivity index (χ1n) is 10.3. The molecular weight excluding hydrogens is 340 g/mol. The summed E-state index contributed by atoms with van der Waals surface area (Å²) in [6, 6.07) is 0. The van der Waals surface area contributed by atoms with Gasteiger partial charge < -0.3 is 9.47 Å². The van der Waals surface area contributed by atoms with E-state index in [1.165, 1.54) is 0 Å². The Labute approximate surface area is 165 Å². The number of ether oxygens (including phenoxy) is 2. The molecule has 0 rings (SSSR count). The van der Waals surface area contributed by atoms with Crippen LogP contribution in [0.3, 0.4) is 0 Å². The van der Waals surface area contributed by atoms with Gasteiger partial charge in [0, 0.05) is 0 Å². The molecule has 0 saturated carbocycles. The molecule has 0 aliphatic heterocycles. The molecule has 0 aliphatic rings. The number of hydrogen-bond donors (Lipinski definition) is 0. The smallest absolute Gasteiger partial charge is 0.323 e. The molecule has 0 fully saturated rings. The molecular formula is C23H38O4. The Morgan fingerprint density at radius 1 is 0.778 bits per heavy atom. The van der Waals surface area contributed by atoms with E-state index in [0.29, 0.717) is 26.1 Å². The predicted octanol–water partition coefficient (Wildman–Crippen LogP) is 5.93. The second kappa shape index (κ2) is 16.3. The zero-order valence-corrected chi connectivity index (χ0v) is 17.2. The van der Waals surface area contributed by atoms with Crippen LogP contribution in [0.1, 0.15) is 77.6 Å². The summed E-state index contributed by atoms with van der Waals surface area (Å²) in [5.41, 5.74) is -1.27. The van der Waals surface area contributed by atoms with Gasteiger partial charge in [-0.3, -0.25) is 9.59 Å². The van der Waals surface area contributed by atoms with Gasteiger partial charge >= 0.3 is 11.9 Å². The van der Waals surface area contributed by atoms with Crippen LogP contribution in [0.2, 0.25) is 0 Å². The van der Waals surface area contributed by atoms with Crippen LogP contribution >= 0.6 is 0 Å². The highest BCUT2D eigenvalue weighted by Gasteiger charge is 2.47. The van der Waals surface area contributed by atoms with Gasteiger partial charge in [0.15, 0.2) is 5.41 Å². The maximum Gasteiger partial charge on any atom is 0.323 e. The van der Waals surface area contributed by atoms with Crippen molar-refractivity contribution in [1.82, 2.24) is 0 Å². The van der Waals surface area contributed by atoms with E-state index in [1.807, 2.05) is 19.1 Å². The summed E-state index contributed by atoms with van der Waals surface area (Å²) >= 11 is 0. The van der Waals surface area contributed by atoms with Gasteiger partial charge in [-0.2, -0.15) is 0 Å². The number of rotatable bonds is 18. The fourth-order valence-corrected chi connectivity index (χ4v) is 2.97. The Morgan fingerprint density at radius 2 is 1.26 bits per heavy atom. The molecule has 0 N–H and O–H groups in total. The van der Waals surface area contributed by atoms with Gasteiger partial charge in [0.1, 0.15) is 0 Å². The van der Waals surface area contributed by atoms with Crippen molar-refractivity contribution in [3.8, 4) is 0 Å². The first-order valence-corrected chi connectivity index (χ1v) is 10.3. The predicted molar refractivity (Wildman–Crippen MR) is 111 cm³/mol. The topological polar surface area (TPSA) is 52.6 Å². The third-order valence-corrected chi connectivity index (χ3v) is 4.52. The summed E-state index contributed by atoms with van der Waals surface area (Å²) in [5, 5.41) is 0. The summed E-state index contributed by atoms with van der Waals surface area (Å²) in [6.45, 7) is 13.7. The monoisotopic (exact) mass is 378 g/mol. The van der Waals surface area contributed by atoms with Gasteiger partial charge in [-0.15, -0.1) is 19.7 Å². The van der Waals surface area contributed by atoms with E-state index in [0.717, 1.165) is 51.4 Å². The molecule has 0 saturated heterocycles. The van der Waals surface area contributed by atoms with Crippen LogP contribution in [-0.4, -0.2) is 25.2 Å². The fraction of sp³-hybridized carbons (Fsp3) is 0.652. The molecule has 0 unspecified atom stereocenters. The van der Waals surface area contributed by atoms with Crippen molar-refractivity contribution in [3.05, 3.63) is 38.0 Å². The normalized spacial score (nSPS) is 10.9. The second-order valence-corrected chi connectivity index (χ2v) is 6.87. The van der Waals surface area contributed by atoms with E-state index < -0.39 is 17.4 Å². The summed E-state index contributed by atoms with van der Waals surface area (Å²) in [7, 11) is 0. The lowest BCUT2D eigenvalue weighted by Gasteiger charge is -2.28. The number of esters is 2. The van der Waals surface area contributed by atoms with Crippen molar-refractivity contribution in [2.45, 2.75) is 77.6 Å². The van der Waals surface area contributed by atoms with Gasteiger partial charge in [-0.05, 0) is 64.2 Å². The van der Waals surface area contributed by atoms with Crippen LogP contribution in [-0.2, 0) is 19.1 Å². The number of carbonyl (C=O) groups excluding carboxylic acids is 2. The van der Waals surface area contributed by atoms with Crippen LogP contribution in [0.4, 0.5) is 0 Å². The van der Waals surface area contributed by atoms with Crippen molar-refractivity contribution >= 4 is 11.9 Å². The Morgan fingerprint density at radius 3 is 1.63 bits per heavy atom. The zero-order valence-electron chi connectivity index (χ0n) is 17.2. The largest absolute Gasteiger partial charge is 0.465 e. The third kappa shape index (κ3) is 10.2. The first-order chi connectivity index (χ1) is 13.1. The highest BCUT2D eigenvalue weighted by molar-refractivity contribution is 6.00. The summed E-state index contributed by atoms with van der Waals surface area (Å²) < 4.78 is 10.9. The summed E-state index contributed by atoms with van der Waals surface area (Å²) in [6.07, 6.45) is 14.2. The number of unbranched alkanes of at least 4 members (excludes halogenated alkanes) is 6. The van der Waals surface area contributed by atoms with E-state index in [-0.39, 0.29) is 6.42 Å². The second-order valence-electron chi connectivity index (χ2n) is 6.87. The Bertz CT molecular complexity index is 421. The van der Waals surface area contributed by atoms with Crippen molar-refractivity contribution in [1.29, 1.82) is 0 Å². The van der Waals surface area contributed by atoms with Crippen LogP contribution in [0.25, 0.3) is 0 Å².